The van der Waals surface area contributed by atoms with Crippen LogP contribution >= 0.6 is 0 Å². The Labute approximate surface area is 187 Å². The van der Waals surface area contributed by atoms with Crippen LogP contribution in [-0.4, -0.2) is 62.3 Å². The van der Waals surface area contributed by atoms with Gasteiger partial charge in [0.05, 0.1) is 4.90 Å². The van der Waals surface area contributed by atoms with Crippen molar-refractivity contribution < 1.29 is 13.2 Å². The van der Waals surface area contributed by atoms with Crippen molar-refractivity contribution in [3.63, 3.8) is 0 Å². The van der Waals surface area contributed by atoms with Crippen LogP contribution in [-0.2, 0) is 16.4 Å². The second-order valence-electron chi connectivity index (χ2n) is 7.39. The van der Waals surface area contributed by atoms with E-state index in [1.165, 1.54) is 22.0 Å². The second-order valence-corrected chi connectivity index (χ2v) is 9.33. The standard InChI is InChI=1S/C24H35N3O3S/c1-5-26(6-2)22(18-20-12-10-9-11-13-20)19-25-24(28)21-14-16-23(17-15-21)31(29,30)27(7-3)8-4/h9-17,22H,5-8,18-19H2,1-4H3,(H,25,28). The van der Waals surface area contributed by atoms with Gasteiger partial charge in [0.1, 0.15) is 0 Å². The van der Waals surface area contributed by atoms with Gasteiger partial charge in [-0.05, 0) is 49.3 Å². The van der Waals surface area contributed by atoms with Crippen LogP contribution in [0.5, 0.6) is 0 Å². The molecule has 0 radical (unpaired) electrons. The molecule has 1 unspecified atom stereocenters. The summed E-state index contributed by atoms with van der Waals surface area (Å²) < 4.78 is 26.7. The fourth-order valence-electron chi connectivity index (χ4n) is 3.76. The van der Waals surface area contributed by atoms with E-state index in [-0.39, 0.29) is 16.8 Å². The number of nitrogens with one attached hydrogen (secondary N) is 1. The van der Waals surface area contributed by atoms with E-state index in [1.54, 1.807) is 12.1 Å². The third kappa shape index (κ3) is 6.63. The van der Waals surface area contributed by atoms with E-state index in [0.29, 0.717) is 25.2 Å². The third-order valence-electron chi connectivity index (χ3n) is 5.60. The van der Waals surface area contributed by atoms with Gasteiger partial charge in [0.25, 0.3) is 5.91 Å². The summed E-state index contributed by atoms with van der Waals surface area (Å²) in [5.74, 6) is -0.197. The lowest BCUT2D eigenvalue weighted by Crippen LogP contribution is -2.45. The zero-order valence-corrected chi connectivity index (χ0v) is 19.9. The Bertz CT molecular complexity index is 907. The Morgan fingerprint density at radius 3 is 1.97 bits per heavy atom. The summed E-state index contributed by atoms with van der Waals surface area (Å²) in [6.45, 7) is 11.0. The molecule has 0 bridgehead atoms. The molecular formula is C24H35N3O3S. The monoisotopic (exact) mass is 445 g/mol. The number of nitrogens with zero attached hydrogens (tertiary/aromatic N) is 2. The Morgan fingerprint density at radius 2 is 1.45 bits per heavy atom. The van der Waals surface area contributed by atoms with Gasteiger partial charge in [-0.1, -0.05) is 58.0 Å². The molecule has 0 heterocycles. The summed E-state index contributed by atoms with van der Waals surface area (Å²) in [6, 6.07) is 16.6. The first kappa shape index (κ1) is 25.0. The molecule has 170 valence electrons. The predicted molar refractivity (Wildman–Crippen MR) is 126 cm³/mol. The molecule has 0 spiro atoms. The van der Waals surface area contributed by atoms with E-state index >= 15 is 0 Å². The lowest BCUT2D eigenvalue weighted by Gasteiger charge is -2.30. The van der Waals surface area contributed by atoms with Crippen molar-refractivity contribution in [2.24, 2.45) is 0 Å². The fourth-order valence-corrected chi connectivity index (χ4v) is 5.22. The van der Waals surface area contributed by atoms with E-state index in [0.717, 1.165) is 19.5 Å². The average molecular weight is 446 g/mol. The summed E-state index contributed by atoms with van der Waals surface area (Å²) in [7, 11) is -3.53. The SMILES string of the molecule is CCN(CC)C(CNC(=O)c1ccc(S(=O)(=O)N(CC)CC)cc1)Cc1ccccc1. The summed E-state index contributed by atoms with van der Waals surface area (Å²) in [6.07, 6.45) is 0.851. The van der Waals surface area contributed by atoms with Crippen LogP contribution in [0.3, 0.4) is 0 Å². The molecule has 2 aromatic rings. The minimum absolute atomic E-state index is 0.184. The van der Waals surface area contributed by atoms with Gasteiger partial charge >= 0.3 is 0 Å². The van der Waals surface area contributed by atoms with Gasteiger partial charge in [0, 0.05) is 31.2 Å². The van der Waals surface area contributed by atoms with Gasteiger partial charge in [0.15, 0.2) is 0 Å². The van der Waals surface area contributed by atoms with Gasteiger partial charge in [0.2, 0.25) is 10.0 Å². The molecule has 0 aromatic heterocycles. The maximum absolute atomic E-state index is 12.7. The molecule has 1 N–H and O–H groups in total. The number of rotatable bonds is 12. The minimum Gasteiger partial charge on any atom is -0.350 e. The van der Waals surface area contributed by atoms with Crippen molar-refractivity contribution in [3.05, 3.63) is 65.7 Å². The summed E-state index contributed by atoms with van der Waals surface area (Å²) in [5.41, 5.74) is 1.69. The van der Waals surface area contributed by atoms with Crippen LogP contribution < -0.4 is 5.32 Å². The highest BCUT2D eigenvalue weighted by molar-refractivity contribution is 7.89. The zero-order valence-electron chi connectivity index (χ0n) is 19.0. The van der Waals surface area contributed by atoms with Crippen molar-refractivity contribution >= 4 is 15.9 Å². The average Bonchev–Trinajstić information content (AvgIpc) is 2.79. The van der Waals surface area contributed by atoms with E-state index in [1.807, 2.05) is 32.0 Å². The van der Waals surface area contributed by atoms with E-state index < -0.39 is 10.0 Å². The van der Waals surface area contributed by atoms with E-state index in [2.05, 4.69) is 36.2 Å². The van der Waals surface area contributed by atoms with Crippen LogP contribution in [0.15, 0.2) is 59.5 Å². The highest BCUT2D eigenvalue weighted by Gasteiger charge is 2.22. The Hall–Kier alpha value is -2.22. The zero-order chi connectivity index (χ0) is 22.9. The van der Waals surface area contributed by atoms with Gasteiger partial charge in [-0.3, -0.25) is 9.69 Å². The third-order valence-corrected chi connectivity index (χ3v) is 7.66. The molecule has 1 atom stereocenters. The van der Waals surface area contributed by atoms with Gasteiger partial charge < -0.3 is 5.32 Å². The lowest BCUT2D eigenvalue weighted by molar-refractivity contribution is 0.0934. The molecule has 0 aliphatic rings. The van der Waals surface area contributed by atoms with Gasteiger partial charge in [-0.25, -0.2) is 8.42 Å². The van der Waals surface area contributed by atoms with Crippen molar-refractivity contribution in [2.45, 2.75) is 45.1 Å². The Kier molecular flexibility index (Phi) is 9.68. The molecular weight excluding hydrogens is 410 g/mol. The smallest absolute Gasteiger partial charge is 0.251 e. The van der Waals surface area contributed by atoms with E-state index in [4.69, 9.17) is 0 Å². The minimum atomic E-state index is -3.53. The van der Waals surface area contributed by atoms with Crippen molar-refractivity contribution in [2.75, 3.05) is 32.7 Å². The first-order valence-corrected chi connectivity index (χ1v) is 12.5. The highest BCUT2D eigenvalue weighted by Crippen LogP contribution is 2.16. The molecule has 0 saturated carbocycles. The Balaban J connectivity index is 2.08. The number of amides is 1. The highest BCUT2D eigenvalue weighted by atomic mass is 32.2. The molecule has 0 aliphatic carbocycles. The molecule has 6 nitrogen and oxygen atoms in total. The van der Waals surface area contributed by atoms with Crippen molar-refractivity contribution in [1.82, 2.24) is 14.5 Å². The topological polar surface area (TPSA) is 69.7 Å². The van der Waals surface area contributed by atoms with Gasteiger partial charge in [-0.15, -0.1) is 0 Å². The first-order valence-electron chi connectivity index (χ1n) is 11.0. The van der Waals surface area contributed by atoms with Gasteiger partial charge in [-0.2, -0.15) is 4.31 Å². The predicted octanol–water partition coefficient (Wildman–Crippen LogP) is 3.40. The largest absolute Gasteiger partial charge is 0.350 e. The van der Waals surface area contributed by atoms with Crippen molar-refractivity contribution in [1.29, 1.82) is 0 Å². The number of benzene rings is 2. The number of hydrogen-bond donors (Lipinski definition) is 1. The molecule has 7 heteroatoms. The van der Waals surface area contributed by atoms with Crippen LogP contribution in [0.4, 0.5) is 0 Å². The van der Waals surface area contributed by atoms with Crippen molar-refractivity contribution in [3.8, 4) is 0 Å². The summed E-state index contributed by atoms with van der Waals surface area (Å²) in [4.78, 5) is 15.3. The van der Waals surface area contributed by atoms with Crippen LogP contribution in [0, 0.1) is 0 Å². The lowest BCUT2D eigenvalue weighted by atomic mass is 10.0. The van der Waals surface area contributed by atoms with Crippen LogP contribution in [0.1, 0.15) is 43.6 Å². The van der Waals surface area contributed by atoms with Crippen LogP contribution in [0.25, 0.3) is 0 Å². The molecule has 0 saturated heterocycles. The normalized spacial score (nSPS) is 12.8. The molecule has 2 aromatic carbocycles. The molecule has 2 rings (SSSR count). The molecule has 0 fully saturated rings. The molecule has 31 heavy (non-hydrogen) atoms. The molecule has 0 aliphatic heterocycles. The number of carbonyl (C=O) groups is 1. The summed E-state index contributed by atoms with van der Waals surface area (Å²) in [5, 5.41) is 3.03. The van der Waals surface area contributed by atoms with Crippen LogP contribution in [0.2, 0.25) is 0 Å². The second kappa shape index (κ2) is 12.0. The number of likely N-dealkylation sites (N-methyl/N-ethyl adjacent to an activating group) is 1. The quantitative estimate of drug-likeness (QED) is 0.544. The number of carbonyl (C=O) groups excluding carboxylic acids is 1. The number of sulfonamides is 1. The summed E-state index contributed by atoms with van der Waals surface area (Å²) >= 11 is 0. The Morgan fingerprint density at radius 1 is 0.871 bits per heavy atom. The molecule has 1 amide bonds. The number of hydrogen-bond acceptors (Lipinski definition) is 4. The first-order chi connectivity index (χ1) is 14.9. The van der Waals surface area contributed by atoms with E-state index in [9.17, 15) is 13.2 Å². The maximum atomic E-state index is 12.7. The maximum Gasteiger partial charge on any atom is 0.251 e. The fraction of sp³-hybridized carbons (Fsp3) is 0.458.